The normalized spacial score (nSPS) is 20.0. The molecular formula is C23H25N5O3. The molecular weight excluding hydrogens is 394 g/mol. The second-order valence-corrected chi connectivity index (χ2v) is 7.97. The van der Waals surface area contributed by atoms with Crippen LogP contribution in [0.1, 0.15) is 47.9 Å². The SMILES string of the molecule is COc1ccc(-c2nnc3n2[C@H]2CCCC[C@H]2N(C(=O)c2ccncc2)C3)cc1OC. The number of fused-ring (bicyclic) bond motifs is 3. The number of benzene rings is 1. The summed E-state index contributed by atoms with van der Waals surface area (Å²) in [6.07, 6.45) is 7.53. The highest BCUT2D eigenvalue weighted by Crippen LogP contribution is 2.41. The van der Waals surface area contributed by atoms with Crippen LogP contribution in [0.15, 0.2) is 42.7 Å². The molecule has 0 saturated heterocycles. The highest BCUT2D eigenvalue weighted by atomic mass is 16.5. The van der Waals surface area contributed by atoms with Gasteiger partial charge in [-0.3, -0.25) is 9.78 Å². The van der Waals surface area contributed by atoms with Gasteiger partial charge in [-0.15, -0.1) is 10.2 Å². The minimum absolute atomic E-state index is 0.0289. The van der Waals surface area contributed by atoms with Crippen molar-refractivity contribution in [2.24, 2.45) is 0 Å². The highest BCUT2D eigenvalue weighted by molar-refractivity contribution is 5.94. The Hall–Kier alpha value is -3.42. The van der Waals surface area contributed by atoms with Crippen molar-refractivity contribution >= 4 is 5.91 Å². The van der Waals surface area contributed by atoms with Crippen LogP contribution in [0.3, 0.4) is 0 Å². The first kappa shape index (κ1) is 19.5. The van der Waals surface area contributed by atoms with Gasteiger partial charge in [-0.2, -0.15) is 0 Å². The maximum absolute atomic E-state index is 13.3. The lowest BCUT2D eigenvalue weighted by Gasteiger charge is -2.44. The predicted octanol–water partition coefficient (Wildman–Crippen LogP) is 3.50. The number of hydrogen-bond donors (Lipinski definition) is 0. The Morgan fingerprint density at radius 2 is 1.71 bits per heavy atom. The summed E-state index contributed by atoms with van der Waals surface area (Å²) >= 11 is 0. The molecule has 5 rings (SSSR count). The third-order valence-electron chi connectivity index (χ3n) is 6.33. The van der Waals surface area contributed by atoms with E-state index in [-0.39, 0.29) is 18.0 Å². The molecule has 2 aliphatic rings. The average Bonchev–Trinajstić information content (AvgIpc) is 3.27. The molecule has 0 bridgehead atoms. The van der Waals surface area contributed by atoms with Crippen LogP contribution in [0, 0.1) is 0 Å². The van der Waals surface area contributed by atoms with Crippen molar-refractivity contribution in [3.63, 3.8) is 0 Å². The summed E-state index contributed by atoms with van der Waals surface area (Å²) in [5.41, 5.74) is 1.59. The molecule has 1 aromatic carbocycles. The third-order valence-corrected chi connectivity index (χ3v) is 6.33. The Labute approximate surface area is 180 Å². The maximum Gasteiger partial charge on any atom is 0.254 e. The highest BCUT2D eigenvalue weighted by Gasteiger charge is 2.41. The lowest BCUT2D eigenvalue weighted by molar-refractivity contribution is 0.0420. The van der Waals surface area contributed by atoms with E-state index >= 15 is 0 Å². The summed E-state index contributed by atoms with van der Waals surface area (Å²) in [5.74, 6) is 2.98. The number of ether oxygens (including phenoxy) is 2. The van der Waals surface area contributed by atoms with E-state index in [2.05, 4.69) is 19.7 Å². The van der Waals surface area contributed by atoms with Crippen LogP contribution in [0.5, 0.6) is 11.5 Å². The van der Waals surface area contributed by atoms with Crippen molar-refractivity contribution in [3.8, 4) is 22.9 Å². The summed E-state index contributed by atoms with van der Waals surface area (Å²) in [4.78, 5) is 19.3. The van der Waals surface area contributed by atoms with Crippen LogP contribution in [-0.2, 0) is 6.54 Å². The number of rotatable bonds is 4. The van der Waals surface area contributed by atoms with Crippen molar-refractivity contribution in [1.29, 1.82) is 0 Å². The van der Waals surface area contributed by atoms with Crippen molar-refractivity contribution in [2.75, 3.05) is 14.2 Å². The van der Waals surface area contributed by atoms with Crippen LogP contribution in [0.4, 0.5) is 0 Å². The first-order valence-corrected chi connectivity index (χ1v) is 10.6. The van der Waals surface area contributed by atoms with E-state index in [0.29, 0.717) is 23.6 Å². The Morgan fingerprint density at radius 3 is 2.45 bits per heavy atom. The lowest BCUT2D eigenvalue weighted by Crippen LogP contribution is -2.50. The summed E-state index contributed by atoms with van der Waals surface area (Å²) in [6, 6.07) is 9.62. The van der Waals surface area contributed by atoms with Gasteiger partial charge in [0.1, 0.15) is 0 Å². The zero-order chi connectivity index (χ0) is 21.4. The fraction of sp³-hybridized carbons (Fsp3) is 0.391. The Kier molecular flexibility index (Phi) is 5.05. The molecule has 1 amide bonds. The molecule has 2 atom stereocenters. The molecule has 8 heteroatoms. The molecule has 2 aromatic heterocycles. The number of aromatic nitrogens is 4. The van der Waals surface area contributed by atoms with Gasteiger partial charge < -0.3 is 18.9 Å². The van der Waals surface area contributed by atoms with Crippen LogP contribution in [0.25, 0.3) is 11.4 Å². The molecule has 31 heavy (non-hydrogen) atoms. The molecule has 1 aliphatic carbocycles. The fourth-order valence-corrected chi connectivity index (χ4v) is 4.86. The van der Waals surface area contributed by atoms with Crippen molar-refractivity contribution < 1.29 is 14.3 Å². The number of carbonyl (C=O) groups is 1. The van der Waals surface area contributed by atoms with Crippen molar-refractivity contribution in [2.45, 2.75) is 44.3 Å². The number of carbonyl (C=O) groups excluding carboxylic acids is 1. The van der Waals surface area contributed by atoms with Gasteiger partial charge in [0.05, 0.1) is 32.8 Å². The predicted molar refractivity (Wildman–Crippen MR) is 114 cm³/mol. The fourth-order valence-electron chi connectivity index (χ4n) is 4.86. The number of pyridine rings is 1. The van der Waals surface area contributed by atoms with Crippen molar-refractivity contribution in [1.82, 2.24) is 24.6 Å². The minimum Gasteiger partial charge on any atom is -0.493 e. The van der Waals surface area contributed by atoms with Crippen molar-refractivity contribution in [3.05, 3.63) is 54.1 Å². The van der Waals surface area contributed by atoms with Gasteiger partial charge in [-0.05, 0) is 43.2 Å². The Morgan fingerprint density at radius 1 is 0.968 bits per heavy atom. The second-order valence-electron chi connectivity index (χ2n) is 7.97. The Balaban J connectivity index is 1.55. The van der Waals surface area contributed by atoms with Gasteiger partial charge in [-0.25, -0.2) is 0 Å². The molecule has 8 nitrogen and oxygen atoms in total. The molecule has 160 valence electrons. The standard InChI is InChI=1S/C23H25N5O3/c1-30-19-8-7-16(13-20(19)31-2)22-26-25-21-14-27(23(29)15-9-11-24-12-10-15)17-5-3-4-6-18(17)28(21)22/h7-13,17-18H,3-6,14H2,1-2H3/t17-,18+/m1/s1. The van der Waals surface area contributed by atoms with Gasteiger partial charge in [0.2, 0.25) is 0 Å². The molecule has 1 aliphatic heterocycles. The van der Waals surface area contributed by atoms with Crippen LogP contribution in [0.2, 0.25) is 0 Å². The number of nitrogens with zero attached hydrogens (tertiary/aromatic N) is 5. The summed E-state index contributed by atoms with van der Waals surface area (Å²) in [7, 11) is 3.25. The van der Waals surface area contributed by atoms with E-state index in [0.717, 1.165) is 42.9 Å². The van der Waals surface area contributed by atoms with Gasteiger partial charge >= 0.3 is 0 Å². The van der Waals surface area contributed by atoms with Gasteiger partial charge in [0.25, 0.3) is 5.91 Å². The summed E-state index contributed by atoms with van der Waals surface area (Å²) in [5, 5.41) is 9.01. The van der Waals surface area contributed by atoms with E-state index in [1.807, 2.05) is 23.1 Å². The maximum atomic E-state index is 13.3. The van der Waals surface area contributed by atoms with E-state index in [4.69, 9.17) is 9.47 Å². The quantitative estimate of drug-likeness (QED) is 0.644. The topological polar surface area (TPSA) is 82.4 Å². The van der Waals surface area contributed by atoms with Crippen LogP contribution < -0.4 is 9.47 Å². The van der Waals surface area contributed by atoms with E-state index in [1.54, 1.807) is 38.7 Å². The van der Waals surface area contributed by atoms with Gasteiger partial charge in [-0.1, -0.05) is 12.8 Å². The Bertz CT molecular complexity index is 1100. The van der Waals surface area contributed by atoms with E-state index < -0.39 is 0 Å². The summed E-state index contributed by atoms with van der Waals surface area (Å²) in [6.45, 7) is 0.447. The molecule has 3 heterocycles. The summed E-state index contributed by atoms with van der Waals surface area (Å²) < 4.78 is 13.1. The first-order valence-electron chi connectivity index (χ1n) is 10.6. The van der Waals surface area contributed by atoms with E-state index in [1.165, 1.54) is 0 Å². The number of hydrogen-bond acceptors (Lipinski definition) is 6. The number of amides is 1. The second kappa shape index (κ2) is 8.02. The minimum atomic E-state index is 0.0289. The number of methoxy groups -OCH3 is 2. The average molecular weight is 419 g/mol. The van der Waals surface area contributed by atoms with Gasteiger partial charge in [0.15, 0.2) is 23.1 Å². The molecule has 0 radical (unpaired) electrons. The zero-order valence-electron chi connectivity index (χ0n) is 17.7. The smallest absolute Gasteiger partial charge is 0.254 e. The molecule has 3 aromatic rings. The van der Waals surface area contributed by atoms with Crippen LogP contribution >= 0.6 is 0 Å². The monoisotopic (exact) mass is 419 g/mol. The third kappa shape index (κ3) is 3.32. The zero-order valence-corrected chi connectivity index (χ0v) is 17.7. The van der Waals surface area contributed by atoms with Gasteiger partial charge in [0, 0.05) is 23.5 Å². The molecule has 1 fully saturated rings. The largest absolute Gasteiger partial charge is 0.493 e. The molecule has 0 N–H and O–H groups in total. The molecule has 0 spiro atoms. The molecule has 1 saturated carbocycles. The molecule has 0 unspecified atom stereocenters. The first-order chi connectivity index (χ1) is 15.2. The lowest BCUT2D eigenvalue weighted by atomic mass is 9.86. The van der Waals surface area contributed by atoms with Crippen LogP contribution in [-0.4, -0.2) is 50.8 Å². The van der Waals surface area contributed by atoms with E-state index in [9.17, 15) is 4.79 Å².